The van der Waals surface area contributed by atoms with Gasteiger partial charge in [-0.3, -0.25) is 4.79 Å². The largest absolute Gasteiger partial charge is 0.354 e. The van der Waals surface area contributed by atoms with Crippen LogP contribution in [0.4, 0.5) is 0 Å². The summed E-state index contributed by atoms with van der Waals surface area (Å²) >= 11 is 0. The first kappa shape index (κ1) is 14.1. The number of carbonyl (C=O) groups is 1. The molecule has 3 N–H and O–H groups in total. The fraction of sp³-hybridized carbons (Fsp3) is 0.562. The molecule has 1 fully saturated rings. The molecule has 1 unspecified atom stereocenters. The number of hydrogen-bond donors (Lipinski definition) is 2. The Morgan fingerprint density at radius 3 is 2.47 bits per heavy atom. The molecule has 1 aliphatic rings. The molecule has 0 aliphatic heterocycles. The van der Waals surface area contributed by atoms with Crippen LogP contribution in [0.2, 0.25) is 0 Å². The van der Waals surface area contributed by atoms with Gasteiger partial charge in [-0.2, -0.15) is 0 Å². The number of nitrogens with one attached hydrogen (secondary N) is 1. The van der Waals surface area contributed by atoms with E-state index in [-0.39, 0.29) is 11.9 Å². The molecule has 0 saturated heterocycles. The van der Waals surface area contributed by atoms with Crippen molar-refractivity contribution in [2.24, 2.45) is 11.7 Å². The highest BCUT2D eigenvalue weighted by Crippen LogP contribution is 2.31. The Kier molecular flexibility index (Phi) is 3.95. The maximum absolute atomic E-state index is 12.3. The predicted molar refractivity (Wildman–Crippen MR) is 77.9 cm³/mol. The van der Waals surface area contributed by atoms with Crippen molar-refractivity contribution in [2.75, 3.05) is 6.54 Å². The molecule has 0 radical (unpaired) electrons. The lowest BCUT2D eigenvalue weighted by Gasteiger charge is -2.25. The van der Waals surface area contributed by atoms with E-state index in [0.717, 1.165) is 5.56 Å². The number of rotatable bonds is 5. The second-order valence-corrected chi connectivity index (χ2v) is 6.20. The first-order valence-corrected chi connectivity index (χ1v) is 7.02. The molecule has 3 nitrogen and oxygen atoms in total. The molecule has 2 rings (SSSR count). The van der Waals surface area contributed by atoms with E-state index in [0.29, 0.717) is 12.5 Å². The summed E-state index contributed by atoms with van der Waals surface area (Å²) in [6.07, 6.45) is 2.41. The molecular weight excluding hydrogens is 236 g/mol. The van der Waals surface area contributed by atoms with E-state index in [4.69, 9.17) is 5.73 Å². The van der Waals surface area contributed by atoms with Crippen LogP contribution in [-0.2, 0) is 10.2 Å². The van der Waals surface area contributed by atoms with Crippen LogP contribution in [0, 0.1) is 12.8 Å². The zero-order valence-corrected chi connectivity index (χ0v) is 12.1. The number of carbonyl (C=O) groups excluding carboxylic acids is 1. The SMILES string of the molecule is Cc1ccc(C(C)(C)C(=O)NCC(N)C2CC2)cc1. The molecule has 0 aromatic heterocycles. The summed E-state index contributed by atoms with van der Waals surface area (Å²) in [5.74, 6) is 0.662. The van der Waals surface area contributed by atoms with Crippen LogP contribution >= 0.6 is 0 Å². The molecule has 19 heavy (non-hydrogen) atoms. The van der Waals surface area contributed by atoms with Gasteiger partial charge < -0.3 is 11.1 Å². The molecule has 0 bridgehead atoms. The predicted octanol–water partition coefficient (Wildman–Crippen LogP) is 2.13. The Bertz CT molecular complexity index is 446. The van der Waals surface area contributed by atoms with E-state index in [2.05, 4.69) is 5.32 Å². The number of benzene rings is 1. The molecule has 1 saturated carbocycles. The molecule has 1 aromatic rings. The van der Waals surface area contributed by atoms with E-state index < -0.39 is 5.41 Å². The molecule has 0 spiro atoms. The van der Waals surface area contributed by atoms with Crippen LogP contribution in [0.5, 0.6) is 0 Å². The molecule has 104 valence electrons. The lowest BCUT2D eigenvalue weighted by molar-refractivity contribution is -0.125. The average Bonchev–Trinajstić information content (AvgIpc) is 3.20. The minimum Gasteiger partial charge on any atom is -0.354 e. The first-order valence-electron chi connectivity index (χ1n) is 7.02. The maximum Gasteiger partial charge on any atom is 0.230 e. The van der Waals surface area contributed by atoms with E-state index in [1.807, 2.05) is 45.0 Å². The zero-order valence-electron chi connectivity index (χ0n) is 12.1. The van der Waals surface area contributed by atoms with E-state index >= 15 is 0 Å². The van der Waals surface area contributed by atoms with E-state index in [9.17, 15) is 4.79 Å². The third-order valence-corrected chi connectivity index (χ3v) is 4.07. The normalized spacial score (nSPS) is 17.1. The van der Waals surface area contributed by atoms with Crippen molar-refractivity contribution in [1.82, 2.24) is 5.32 Å². The molecule has 1 aliphatic carbocycles. The van der Waals surface area contributed by atoms with Crippen LogP contribution < -0.4 is 11.1 Å². The van der Waals surface area contributed by atoms with Gasteiger partial charge in [0.2, 0.25) is 5.91 Å². The van der Waals surface area contributed by atoms with Gasteiger partial charge in [0.25, 0.3) is 0 Å². The summed E-state index contributed by atoms with van der Waals surface area (Å²) in [5, 5.41) is 2.99. The monoisotopic (exact) mass is 260 g/mol. The Balaban J connectivity index is 1.97. The van der Waals surface area contributed by atoms with Crippen molar-refractivity contribution in [3.8, 4) is 0 Å². The maximum atomic E-state index is 12.3. The van der Waals surface area contributed by atoms with Crippen molar-refractivity contribution in [3.63, 3.8) is 0 Å². The van der Waals surface area contributed by atoms with Gasteiger partial charge in [-0.1, -0.05) is 29.8 Å². The fourth-order valence-corrected chi connectivity index (χ4v) is 2.22. The van der Waals surface area contributed by atoms with Crippen LogP contribution in [0.3, 0.4) is 0 Å². The summed E-state index contributed by atoms with van der Waals surface area (Å²) < 4.78 is 0. The smallest absolute Gasteiger partial charge is 0.230 e. The Labute approximate surface area is 115 Å². The Morgan fingerprint density at radius 2 is 1.95 bits per heavy atom. The highest BCUT2D eigenvalue weighted by molar-refractivity contribution is 5.87. The van der Waals surface area contributed by atoms with Crippen LogP contribution in [-0.4, -0.2) is 18.5 Å². The minimum atomic E-state index is -0.517. The summed E-state index contributed by atoms with van der Waals surface area (Å²) in [6, 6.07) is 8.24. The molecule has 3 heteroatoms. The van der Waals surface area contributed by atoms with Crippen molar-refractivity contribution >= 4 is 5.91 Å². The fourth-order valence-electron chi connectivity index (χ4n) is 2.22. The van der Waals surface area contributed by atoms with Gasteiger partial charge in [-0.05, 0) is 45.1 Å². The standard InChI is InChI=1S/C16H24N2O/c1-11-4-8-13(9-5-11)16(2,3)15(19)18-10-14(17)12-6-7-12/h4-5,8-9,12,14H,6-7,10,17H2,1-3H3,(H,18,19). The lowest BCUT2D eigenvalue weighted by Crippen LogP contribution is -2.45. The quantitative estimate of drug-likeness (QED) is 0.852. The van der Waals surface area contributed by atoms with E-state index in [1.54, 1.807) is 0 Å². The topological polar surface area (TPSA) is 55.1 Å². The summed E-state index contributed by atoms with van der Waals surface area (Å²) in [5.41, 5.74) is 7.74. The second-order valence-electron chi connectivity index (χ2n) is 6.20. The van der Waals surface area contributed by atoms with Crippen molar-refractivity contribution in [1.29, 1.82) is 0 Å². The van der Waals surface area contributed by atoms with Gasteiger partial charge in [0, 0.05) is 12.6 Å². The average molecular weight is 260 g/mol. The minimum absolute atomic E-state index is 0.0486. The summed E-state index contributed by atoms with van der Waals surface area (Å²) in [7, 11) is 0. The van der Waals surface area contributed by atoms with Crippen molar-refractivity contribution in [3.05, 3.63) is 35.4 Å². The van der Waals surface area contributed by atoms with Crippen LogP contribution in [0.25, 0.3) is 0 Å². The highest BCUT2D eigenvalue weighted by Gasteiger charge is 2.32. The van der Waals surface area contributed by atoms with Gasteiger partial charge in [-0.15, -0.1) is 0 Å². The van der Waals surface area contributed by atoms with Crippen molar-refractivity contribution < 1.29 is 4.79 Å². The molecular formula is C16H24N2O. The third-order valence-electron chi connectivity index (χ3n) is 4.07. The van der Waals surface area contributed by atoms with Gasteiger partial charge >= 0.3 is 0 Å². The Morgan fingerprint density at radius 1 is 1.37 bits per heavy atom. The second kappa shape index (κ2) is 5.33. The van der Waals surface area contributed by atoms with Gasteiger partial charge in [0.05, 0.1) is 5.41 Å². The number of hydrogen-bond acceptors (Lipinski definition) is 2. The number of aryl methyl sites for hydroxylation is 1. The lowest BCUT2D eigenvalue weighted by atomic mass is 9.83. The number of nitrogens with two attached hydrogens (primary N) is 1. The first-order chi connectivity index (χ1) is 8.91. The highest BCUT2D eigenvalue weighted by atomic mass is 16.2. The van der Waals surface area contributed by atoms with Crippen molar-refractivity contribution in [2.45, 2.75) is 45.1 Å². The van der Waals surface area contributed by atoms with Gasteiger partial charge in [0.15, 0.2) is 0 Å². The third kappa shape index (κ3) is 3.35. The van der Waals surface area contributed by atoms with Crippen LogP contribution in [0.15, 0.2) is 24.3 Å². The van der Waals surface area contributed by atoms with Crippen LogP contribution in [0.1, 0.15) is 37.8 Å². The molecule has 1 aromatic carbocycles. The van der Waals surface area contributed by atoms with E-state index in [1.165, 1.54) is 18.4 Å². The Hall–Kier alpha value is -1.35. The molecule has 1 amide bonds. The molecule has 0 heterocycles. The zero-order chi connectivity index (χ0) is 14.0. The van der Waals surface area contributed by atoms with Gasteiger partial charge in [-0.25, -0.2) is 0 Å². The summed E-state index contributed by atoms with van der Waals surface area (Å²) in [4.78, 5) is 12.3. The molecule has 1 atom stereocenters. The summed E-state index contributed by atoms with van der Waals surface area (Å²) in [6.45, 7) is 6.54. The number of amides is 1. The van der Waals surface area contributed by atoms with Gasteiger partial charge in [0.1, 0.15) is 0 Å².